The third kappa shape index (κ3) is 4.55. The van der Waals surface area contributed by atoms with Crippen molar-refractivity contribution in [1.29, 1.82) is 0 Å². The van der Waals surface area contributed by atoms with E-state index < -0.39 is 0 Å². The van der Waals surface area contributed by atoms with Crippen LogP contribution in [0.4, 0.5) is 0 Å². The van der Waals surface area contributed by atoms with Crippen LogP contribution < -0.4 is 10.1 Å². The van der Waals surface area contributed by atoms with Crippen molar-refractivity contribution in [2.24, 2.45) is 5.92 Å². The molecule has 120 valence electrons. The van der Waals surface area contributed by atoms with Crippen molar-refractivity contribution in [2.75, 3.05) is 6.54 Å². The van der Waals surface area contributed by atoms with E-state index in [4.69, 9.17) is 4.74 Å². The van der Waals surface area contributed by atoms with Gasteiger partial charge in [0.05, 0.1) is 0 Å². The molecule has 1 aliphatic rings. The topological polar surface area (TPSA) is 51.2 Å². The van der Waals surface area contributed by atoms with Crippen molar-refractivity contribution in [2.45, 2.75) is 32.8 Å². The van der Waals surface area contributed by atoms with Crippen LogP contribution in [0.3, 0.4) is 0 Å². The summed E-state index contributed by atoms with van der Waals surface area (Å²) >= 11 is 0. The lowest BCUT2D eigenvalue weighted by Gasteiger charge is -2.08. The minimum absolute atomic E-state index is 0.0972. The standard InChI is InChI=1S/C19H22N2O2/c1-2-14-4-3-5-17(10-14)23-13-16-8-9-18(20-12-16)19(22)21-11-15-6-7-15/h3-5,8-10,12,15H,2,6-7,11,13H2,1H3,(H,21,22). The highest BCUT2D eigenvalue weighted by molar-refractivity contribution is 5.92. The molecule has 1 amide bonds. The van der Waals surface area contributed by atoms with Gasteiger partial charge in [0, 0.05) is 18.3 Å². The number of nitrogens with one attached hydrogen (secondary N) is 1. The highest BCUT2D eigenvalue weighted by Crippen LogP contribution is 2.27. The molecule has 4 nitrogen and oxygen atoms in total. The number of amides is 1. The maximum atomic E-state index is 11.9. The molecule has 0 saturated heterocycles. The zero-order valence-electron chi connectivity index (χ0n) is 13.4. The number of carbonyl (C=O) groups excluding carboxylic acids is 1. The Labute approximate surface area is 136 Å². The summed E-state index contributed by atoms with van der Waals surface area (Å²) < 4.78 is 5.78. The van der Waals surface area contributed by atoms with E-state index in [-0.39, 0.29) is 5.91 Å². The number of pyridine rings is 1. The maximum Gasteiger partial charge on any atom is 0.269 e. The predicted octanol–water partition coefficient (Wildman–Crippen LogP) is 3.36. The molecule has 0 radical (unpaired) electrons. The van der Waals surface area contributed by atoms with E-state index in [0.29, 0.717) is 18.2 Å². The van der Waals surface area contributed by atoms with Crippen LogP contribution in [-0.4, -0.2) is 17.4 Å². The van der Waals surface area contributed by atoms with Gasteiger partial charge in [-0.25, -0.2) is 0 Å². The number of ether oxygens (including phenoxy) is 1. The second kappa shape index (κ2) is 7.27. The predicted molar refractivity (Wildman–Crippen MR) is 89.4 cm³/mol. The molecule has 0 spiro atoms. The highest BCUT2D eigenvalue weighted by atomic mass is 16.5. The summed E-state index contributed by atoms with van der Waals surface area (Å²) in [6, 6.07) is 11.7. The van der Waals surface area contributed by atoms with Crippen LogP contribution >= 0.6 is 0 Å². The lowest BCUT2D eigenvalue weighted by Crippen LogP contribution is -2.26. The molecule has 1 fully saturated rings. The number of rotatable bonds is 7. The second-order valence-corrected chi connectivity index (χ2v) is 5.99. The summed E-state index contributed by atoms with van der Waals surface area (Å²) in [5.41, 5.74) is 2.66. The third-order valence-corrected chi connectivity index (χ3v) is 4.02. The quantitative estimate of drug-likeness (QED) is 0.853. The first-order valence-electron chi connectivity index (χ1n) is 8.19. The van der Waals surface area contributed by atoms with Gasteiger partial charge in [-0.3, -0.25) is 9.78 Å². The Kier molecular flexibility index (Phi) is 4.91. The van der Waals surface area contributed by atoms with Gasteiger partial charge in [-0.05, 0) is 48.9 Å². The molecule has 0 unspecified atom stereocenters. The van der Waals surface area contributed by atoms with Gasteiger partial charge in [-0.2, -0.15) is 0 Å². The zero-order valence-corrected chi connectivity index (χ0v) is 13.4. The largest absolute Gasteiger partial charge is 0.489 e. The van der Waals surface area contributed by atoms with E-state index in [1.165, 1.54) is 18.4 Å². The number of hydrogen-bond donors (Lipinski definition) is 1. The fraction of sp³-hybridized carbons (Fsp3) is 0.368. The van der Waals surface area contributed by atoms with E-state index in [9.17, 15) is 4.79 Å². The molecule has 2 aromatic rings. The van der Waals surface area contributed by atoms with Crippen LogP contribution in [0, 0.1) is 5.92 Å². The van der Waals surface area contributed by atoms with Gasteiger partial charge in [-0.15, -0.1) is 0 Å². The van der Waals surface area contributed by atoms with Crippen molar-refractivity contribution < 1.29 is 9.53 Å². The zero-order chi connectivity index (χ0) is 16.1. The van der Waals surface area contributed by atoms with Gasteiger partial charge in [0.1, 0.15) is 18.1 Å². The Hall–Kier alpha value is -2.36. The molecule has 23 heavy (non-hydrogen) atoms. The van der Waals surface area contributed by atoms with Gasteiger partial charge in [0.15, 0.2) is 0 Å². The maximum absolute atomic E-state index is 11.9. The van der Waals surface area contributed by atoms with Crippen molar-refractivity contribution >= 4 is 5.91 Å². The van der Waals surface area contributed by atoms with Crippen LogP contribution in [0.5, 0.6) is 5.75 Å². The van der Waals surface area contributed by atoms with Crippen molar-refractivity contribution in [3.8, 4) is 5.75 Å². The summed E-state index contributed by atoms with van der Waals surface area (Å²) in [6.07, 6.45) is 5.14. The first-order valence-corrected chi connectivity index (χ1v) is 8.19. The Bertz CT molecular complexity index is 663. The normalized spacial score (nSPS) is 13.6. The van der Waals surface area contributed by atoms with Crippen molar-refractivity contribution in [3.05, 3.63) is 59.4 Å². The molecule has 1 aromatic heterocycles. The minimum Gasteiger partial charge on any atom is -0.489 e. The second-order valence-electron chi connectivity index (χ2n) is 5.99. The van der Waals surface area contributed by atoms with Crippen molar-refractivity contribution in [3.63, 3.8) is 0 Å². The molecular weight excluding hydrogens is 288 g/mol. The summed E-state index contributed by atoms with van der Waals surface area (Å²) in [4.78, 5) is 16.2. The molecule has 0 aliphatic heterocycles. The minimum atomic E-state index is -0.0972. The number of aryl methyl sites for hydroxylation is 1. The SMILES string of the molecule is CCc1cccc(OCc2ccc(C(=O)NCC3CC3)nc2)c1. The molecule has 4 heteroatoms. The molecule has 1 saturated carbocycles. The Morgan fingerprint density at radius 1 is 1.26 bits per heavy atom. The highest BCUT2D eigenvalue weighted by Gasteiger charge is 2.22. The number of hydrogen-bond acceptors (Lipinski definition) is 3. The van der Waals surface area contributed by atoms with Gasteiger partial charge in [0.25, 0.3) is 5.91 Å². The van der Waals surface area contributed by atoms with Crippen LogP contribution in [0.15, 0.2) is 42.6 Å². The van der Waals surface area contributed by atoms with E-state index in [2.05, 4.69) is 23.3 Å². The fourth-order valence-corrected chi connectivity index (χ4v) is 2.32. The fourth-order valence-electron chi connectivity index (χ4n) is 2.32. The Balaban J connectivity index is 1.53. The molecule has 0 bridgehead atoms. The van der Waals surface area contributed by atoms with E-state index in [1.807, 2.05) is 24.3 Å². The first kappa shape index (κ1) is 15.5. The summed E-state index contributed by atoms with van der Waals surface area (Å²) in [5.74, 6) is 1.43. The van der Waals surface area contributed by atoms with Gasteiger partial charge >= 0.3 is 0 Å². The van der Waals surface area contributed by atoms with Crippen LogP contribution in [0.25, 0.3) is 0 Å². The molecule has 3 rings (SSSR count). The average molecular weight is 310 g/mol. The number of carbonyl (C=O) groups is 1. The summed E-state index contributed by atoms with van der Waals surface area (Å²) in [7, 11) is 0. The first-order chi connectivity index (χ1) is 11.2. The smallest absolute Gasteiger partial charge is 0.269 e. The molecule has 1 aliphatic carbocycles. The molecule has 0 atom stereocenters. The molecule has 1 aromatic carbocycles. The van der Waals surface area contributed by atoms with E-state index >= 15 is 0 Å². The van der Waals surface area contributed by atoms with Crippen LogP contribution in [-0.2, 0) is 13.0 Å². The monoisotopic (exact) mass is 310 g/mol. The van der Waals surface area contributed by atoms with E-state index in [1.54, 1.807) is 12.3 Å². The van der Waals surface area contributed by atoms with Crippen molar-refractivity contribution in [1.82, 2.24) is 10.3 Å². The average Bonchev–Trinajstić information content (AvgIpc) is 3.43. The molecular formula is C19H22N2O2. The van der Waals surface area contributed by atoms with Gasteiger partial charge in [0.2, 0.25) is 0 Å². The van der Waals surface area contributed by atoms with Crippen LogP contribution in [0.1, 0.15) is 41.4 Å². The lowest BCUT2D eigenvalue weighted by molar-refractivity contribution is 0.0946. The summed E-state index contributed by atoms with van der Waals surface area (Å²) in [6.45, 7) is 3.33. The third-order valence-electron chi connectivity index (χ3n) is 4.02. The Morgan fingerprint density at radius 3 is 2.83 bits per heavy atom. The summed E-state index contributed by atoms with van der Waals surface area (Å²) in [5, 5.41) is 2.92. The Morgan fingerprint density at radius 2 is 2.13 bits per heavy atom. The van der Waals surface area contributed by atoms with Crippen LogP contribution in [0.2, 0.25) is 0 Å². The van der Waals surface area contributed by atoms with E-state index in [0.717, 1.165) is 24.3 Å². The van der Waals surface area contributed by atoms with Gasteiger partial charge in [-0.1, -0.05) is 25.1 Å². The molecule has 1 N–H and O–H groups in total. The van der Waals surface area contributed by atoms with Gasteiger partial charge < -0.3 is 10.1 Å². The number of nitrogens with zero attached hydrogens (tertiary/aromatic N) is 1. The number of aromatic nitrogens is 1. The number of benzene rings is 1. The molecule has 1 heterocycles. The lowest BCUT2D eigenvalue weighted by atomic mass is 10.2.